The van der Waals surface area contributed by atoms with Gasteiger partial charge in [-0.1, -0.05) is 77.9 Å². The topological polar surface area (TPSA) is 90.5 Å². The number of hydrogen-bond acceptors (Lipinski definition) is 4. The Kier molecular flexibility index (Phi) is 9.32. The molecule has 0 spiro atoms. The molecule has 5 rings (SSSR count). The molecule has 8 heteroatoms. The molecule has 0 radical (unpaired) electrons. The van der Waals surface area contributed by atoms with E-state index in [9.17, 15) is 9.59 Å². The van der Waals surface area contributed by atoms with Crippen LogP contribution in [0, 0.1) is 20.8 Å². The van der Waals surface area contributed by atoms with Crippen LogP contribution < -0.4 is 10.9 Å². The first-order valence-corrected chi connectivity index (χ1v) is 15.3. The molecule has 0 aliphatic heterocycles. The number of hydrogen-bond donors (Lipinski definition) is 1. The molecule has 1 unspecified atom stereocenters. The molecular formula is C37H41N5O3. The van der Waals surface area contributed by atoms with Crippen molar-refractivity contribution in [2.45, 2.75) is 66.2 Å². The van der Waals surface area contributed by atoms with E-state index in [2.05, 4.69) is 86.8 Å². The number of aryl methyl sites for hydroxylation is 3. The molecule has 0 bridgehead atoms. The van der Waals surface area contributed by atoms with Crippen molar-refractivity contribution in [3.8, 4) is 0 Å². The van der Waals surface area contributed by atoms with Crippen LogP contribution in [0.5, 0.6) is 0 Å². The Labute approximate surface area is 264 Å². The summed E-state index contributed by atoms with van der Waals surface area (Å²) in [7, 11) is 0. The second-order valence-electron chi connectivity index (χ2n) is 12.5. The maximum atomic E-state index is 13.4. The predicted octanol–water partition coefficient (Wildman–Crippen LogP) is 6.86. The molecule has 0 saturated carbocycles. The summed E-state index contributed by atoms with van der Waals surface area (Å²) in [6.07, 6.45) is 1.53. The van der Waals surface area contributed by atoms with Gasteiger partial charge in [-0.15, -0.1) is 4.99 Å². The molecule has 2 amide bonds. The molecule has 0 aliphatic rings. The maximum absolute atomic E-state index is 13.4. The first-order chi connectivity index (χ1) is 21.5. The summed E-state index contributed by atoms with van der Waals surface area (Å²) in [4.78, 5) is 35.6. The third-order valence-electron chi connectivity index (χ3n) is 7.61. The lowest BCUT2D eigenvalue weighted by Gasteiger charge is -2.22. The summed E-state index contributed by atoms with van der Waals surface area (Å²) < 4.78 is 9.80. The number of fused-ring (bicyclic) bond motifs is 1. The number of ether oxygens (including phenoxy) is 1. The van der Waals surface area contributed by atoms with Crippen molar-refractivity contribution in [2.75, 3.05) is 6.54 Å². The highest BCUT2D eigenvalue weighted by Gasteiger charge is 2.24. The number of aromatic nitrogens is 3. The summed E-state index contributed by atoms with van der Waals surface area (Å²) in [5.41, 5.74) is 7.24. The second kappa shape index (κ2) is 13.3. The number of pyridine rings is 1. The van der Waals surface area contributed by atoms with E-state index in [0.29, 0.717) is 24.3 Å². The van der Waals surface area contributed by atoms with Gasteiger partial charge in [-0.2, -0.15) is 0 Å². The SMILES string of the molecule is Cc1ccc(CC(CNC(=O)c2ncccc2C)n2c(=NC(=O)OC(C)(C)C)n(Cc3ccc(C)cc3)c3ccccc32)cc1. The van der Waals surface area contributed by atoms with Gasteiger partial charge in [0.15, 0.2) is 0 Å². The van der Waals surface area contributed by atoms with Gasteiger partial charge in [-0.25, -0.2) is 4.79 Å². The number of rotatable bonds is 8. The number of nitrogens with one attached hydrogen (secondary N) is 1. The van der Waals surface area contributed by atoms with Gasteiger partial charge in [0.1, 0.15) is 11.3 Å². The highest BCUT2D eigenvalue weighted by atomic mass is 16.6. The Hall–Kier alpha value is -4.98. The molecule has 2 aromatic heterocycles. The highest BCUT2D eigenvalue weighted by Crippen LogP contribution is 2.23. The quantitative estimate of drug-likeness (QED) is 0.210. The third kappa shape index (κ3) is 7.76. The highest BCUT2D eigenvalue weighted by molar-refractivity contribution is 5.93. The predicted molar refractivity (Wildman–Crippen MR) is 177 cm³/mol. The molecule has 0 aliphatic carbocycles. The molecule has 5 aromatic rings. The van der Waals surface area contributed by atoms with Crippen LogP contribution in [0.15, 0.2) is 96.1 Å². The Morgan fingerprint density at radius 1 is 0.844 bits per heavy atom. The number of carbonyl (C=O) groups is 2. The van der Waals surface area contributed by atoms with Gasteiger partial charge in [0.2, 0.25) is 5.62 Å². The number of benzene rings is 3. The summed E-state index contributed by atoms with van der Waals surface area (Å²) >= 11 is 0. The van der Waals surface area contributed by atoms with Gasteiger partial charge in [-0.05, 0) is 82.9 Å². The standard InChI is InChI=1S/C37H41N5O3/c1-25-13-17-28(18-14-25)22-30(23-39-34(43)33-27(3)10-9-21-38-33)42-32-12-8-7-11-31(32)41(24-29-19-15-26(2)16-20-29)35(42)40-36(44)45-37(4,5)6/h7-21,30H,22-24H2,1-6H3,(H,39,43). The summed E-state index contributed by atoms with van der Waals surface area (Å²) in [6, 6.07) is 28.1. The van der Waals surface area contributed by atoms with Crippen LogP contribution in [0.1, 0.15) is 65.1 Å². The Balaban J connectivity index is 1.68. The summed E-state index contributed by atoms with van der Waals surface area (Å²) in [6.45, 7) is 12.2. The summed E-state index contributed by atoms with van der Waals surface area (Å²) in [5.74, 6) is -0.253. The normalized spacial score (nSPS) is 12.7. The van der Waals surface area contributed by atoms with Gasteiger partial charge < -0.3 is 19.2 Å². The van der Waals surface area contributed by atoms with Crippen LogP contribution >= 0.6 is 0 Å². The van der Waals surface area contributed by atoms with Crippen molar-refractivity contribution in [1.82, 2.24) is 19.4 Å². The van der Waals surface area contributed by atoms with E-state index in [1.165, 1.54) is 5.56 Å². The maximum Gasteiger partial charge on any atom is 0.437 e. The van der Waals surface area contributed by atoms with E-state index in [1.54, 1.807) is 6.20 Å². The average molecular weight is 604 g/mol. The molecule has 1 N–H and O–H groups in total. The van der Waals surface area contributed by atoms with Crippen LogP contribution in [0.4, 0.5) is 4.79 Å². The Morgan fingerprint density at radius 3 is 2.09 bits per heavy atom. The van der Waals surface area contributed by atoms with E-state index in [1.807, 2.05) is 64.1 Å². The van der Waals surface area contributed by atoms with Crippen molar-refractivity contribution in [2.24, 2.45) is 4.99 Å². The number of para-hydroxylation sites is 2. The monoisotopic (exact) mass is 603 g/mol. The van der Waals surface area contributed by atoms with Gasteiger partial charge >= 0.3 is 6.09 Å². The zero-order valence-electron chi connectivity index (χ0n) is 26.9. The average Bonchev–Trinajstić information content (AvgIpc) is 3.28. The lowest BCUT2D eigenvalue weighted by atomic mass is 10.0. The molecule has 0 saturated heterocycles. The molecule has 3 aromatic carbocycles. The van der Waals surface area contributed by atoms with Crippen molar-refractivity contribution in [3.05, 3.63) is 130 Å². The fourth-order valence-electron chi connectivity index (χ4n) is 5.38. The first kappa shape index (κ1) is 31.4. The van der Waals surface area contributed by atoms with Gasteiger partial charge in [0, 0.05) is 12.7 Å². The molecule has 45 heavy (non-hydrogen) atoms. The number of carbonyl (C=O) groups excluding carboxylic acids is 2. The van der Waals surface area contributed by atoms with E-state index in [-0.39, 0.29) is 18.5 Å². The van der Waals surface area contributed by atoms with Crippen LogP contribution in [-0.4, -0.2) is 38.3 Å². The van der Waals surface area contributed by atoms with Crippen molar-refractivity contribution >= 4 is 23.0 Å². The minimum absolute atomic E-state index is 0.253. The molecular weight excluding hydrogens is 562 g/mol. The smallest absolute Gasteiger partial charge is 0.437 e. The van der Waals surface area contributed by atoms with Gasteiger partial charge in [-0.3, -0.25) is 9.78 Å². The van der Waals surface area contributed by atoms with Crippen LogP contribution in [0.3, 0.4) is 0 Å². The Bertz CT molecular complexity index is 1880. The van der Waals surface area contributed by atoms with Crippen LogP contribution in [0.2, 0.25) is 0 Å². The third-order valence-corrected chi connectivity index (χ3v) is 7.61. The fraction of sp³-hybridized carbons (Fsp3) is 0.297. The van der Waals surface area contributed by atoms with Crippen molar-refractivity contribution in [3.63, 3.8) is 0 Å². The second-order valence-corrected chi connectivity index (χ2v) is 12.5. The minimum atomic E-state index is -0.713. The van der Waals surface area contributed by atoms with E-state index in [0.717, 1.165) is 33.3 Å². The molecule has 2 heterocycles. The lowest BCUT2D eigenvalue weighted by Crippen LogP contribution is -2.38. The zero-order chi connectivity index (χ0) is 32.1. The van der Waals surface area contributed by atoms with Crippen LogP contribution in [0.25, 0.3) is 11.0 Å². The minimum Gasteiger partial charge on any atom is -0.442 e. The van der Waals surface area contributed by atoms with Gasteiger partial charge in [0.25, 0.3) is 5.91 Å². The number of imidazole rings is 1. The number of amides is 2. The lowest BCUT2D eigenvalue weighted by molar-refractivity contribution is 0.0592. The van der Waals surface area contributed by atoms with E-state index >= 15 is 0 Å². The molecule has 232 valence electrons. The van der Waals surface area contributed by atoms with Crippen molar-refractivity contribution < 1.29 is 14.3 Å². The Morgan fingerprint density at radius 2 is 1.47 bits per heavy atom. The first-order valence-electron chi connectivity index (χ1n) is 15.3. The molecule has 1 atom stereocenters. The molecule has 8 nitrogen and oxygen atoms in total. The van der Waals surface area contributed by atoms with E-state index in [4.69, 9.17) is 4.74 Å². The summed E-state index contributed by atoms with van der Waals surface area (Å²) in [5, 5.41) is 3.13. The van der Waals surface area contributed by atoms with Crippen LogP contribution in [-0.2, 0) is 17.7 Å². The number of nitrogens with zero attached hydrogens (tertiary/aromatic N) is 4. The van der Waals surface area contributed by atoms with E-state index < -0.39 is 11.7 Å². The fourth-order valence-corrected chi connectivity index (χ4v) is 5.38. The largest absolute Gasteiger partial charge is 0.442 e. The zero-order valence-corrected chi connectivity index (χ0v) is 26.9. The van der Waals surface area contributed by atoms with Crippen molar-refractivity contribution in [1.29, 1.82) is 0 Å². The molecule has 0 fully saturated rings. The van der Waals surface area contributed by atoms with Gasteiger partial charge in [0.05, 0.1) is 23.6 Å².